The van der Waals surface area contributed by atoms with Gasteiger partial charge in [-0.05, 0) is 44.6 Å². The maximum atomic E-state index is 6.21. The molecule has 1 aromatic rings. The fraction of sp³-hybridized carbons (Fsp3) is 0.625. The minimum Gasteiger partial charge on any atom is -0.490 e. The van der Waals surface area contributed by atoms with Gasteiger partial charge >= 0.3 is 0 Å². The molecule has 4 nitrogen and oxygen atoms in total. The van der Waals surface area contributed by atoms with Crippen LogP contribution in [0.1, 0.15) is 38.3 Å². The molecule has 1 rings (SSSR count). The van der Waals surface area contributed by atoms with Gasteiger partial charge in [0.15, 0.2) is 11.5 Å². The molecule has 0 saturated carbocycles. The van der Waals surface area contributed by atoms with Crippen LogP contribution >= 0.6 is 0 Å². The Labute approximate surface area is 122 Å². The first-order valence-electron chi connectivity index (χ1n) is 7.38. The molecule has 0 bridgehead atoms. The number of hydrogen-bond donors (Lipinski definition) is 1. The Kier molecular flexibility index (Phi) is 7.41. The van der Waals surface area contributed by atoms with E-state index in [1.54, 1.807) is 0 Å². The van der Waals surface area contributed by atoms with Crippen LogP contribution in [0.4, 0.5) is 0 Å². The summed E-state index contributed by atoms with van der Waals surface area (Å²) in [6.45, 7) is 6.38. The van der Waals surface area contributed by atoms with E-state index in [0.717, 1.165) is 36.4 Å². The molecule has 1 unspecified atom stereocenters. The summed E-state index contributed by atoms with van der Waals surface area (Å²) in [6, 6.07) is 5.98. The molecule has 0 fully saturated rings. The van der Waals surface area contributed by atoms with Crippen molar-refractivity contribution in [1.82, 2.24) is 4.90 Å². The third kappa shape index (κ3) is 5.39. The molecular weight excluding hydrogens is 252 g/mol. The van der Waals surface area contributed by atoms with E-state index in [1.165, 1.54) is 0 Å². The van der Waals surface area contributed by atoms with Crippen molar-refractivity contribution >= 4 is 0 Å². The lowest BCUT2D eigenvalue weighted by Crippen LogP contribution is -2.26. The third-order valence-electron chi connectivity index (χ3n) is 2.88. The summed E-state index contributed by atoms with van der Waals surface area (Å²) in [5.41, 5.74) is 7.28. The summed E-state index contributed by atoms with van der Waals surface area (Å²) < 4.78 is 11.5. The minimum atomic E-state index is -0.0193. The predicted octanol–water partition coefficient (Wildman–Crippen LogP) is 2.83. The van der Waals surface area contributed by atoms with Gasteiger partial charge in [-0.1, -0.05) is 19.9 Å². The molecule has 2 N–H and O–H groups in total. The molecule has 114 valence electrons. The third-order valence-corrected chi connectivity index (χ3v) is 2.88. The minimum absolute atomic E-state index is 0.0193. The lowest BCUT2D eigenvalue weighted by molar-refractivity contribution is 0.267. The quantitative estimate of drug-likeness (QED) is 0.755. The largest absolute Gasteiger partial charge is 0.490 e. The Morgan fingerprint density at radius 2 is 1.65 bits per heavy atom. The van der Waals surface area contributed by atoms with Crippen molar-refractivity contribution in [3.63, 3.8) is 0 Å². The highest BCUT2D eigenvalue weighted by molar-refractivity contribution is 5.44. The molecule has 4 heteroatoms. The van der Waals surface area contributed by atoms with Crippen molar-refractivity contribution in [3.8, 4) is 11.5 Å². The molecule has 1 atom stereocenters. The van der Waals surface area contributed by atoms with Gasteiger partial charge in [0, 0.05) is 12.6 Å². The van der Waals surface area contributed by atoms with Crippen LogP contribution in [-0.2, 0) is 0 Å². The van der Waals surface area contributed by atoms with E-state index in [2.05, 4.69) is 18.7 Å². The van der Waals surface area contributed by atoms with E-state index in [9.17, 15) is 0 Å². The Balaban J connectivity index is 2.87. The van der Waals surface area contributed by atoms with Gasteiger partial charge in [-0.25, -0.2) is 0 Å². The number of nitrogens with zero attached hydrogens (tertiary/aromatic N) is 1. The topological polar surface area (TPSA) is 47.7 Å². The average molecular weight is 280 g/mol. The summed E-state index contributed by atoms with van der Waals surface area (Å²) in [5.74, 6) is 1.60. The van der Waals surface area contributed by atoms with Crippen molar-refractivity contribution < 1.29 is 9.47 Å². The van der Waals surface area contributed by atoms with E-state index < -0.39 is 0 Å². The first kappa shape index (κ1) is 16.8. The molecule has 0 heterocycles. The standard InChI is InChI=1S/C16H28N2O2/c1-5-9-19-15-8-7-13(14(17)12-18(3)4)11-16(15)20-10-6-2/h7-8,11,14H,5-6,9-10,12,17H2,1-4H3. The lowest BCUT2D eigenvalue weighted by Gasteiger charge is -2.19. The number of rotatable bonds is 9. The summed E-state index contributed by atoms with van der Waals surface area (Å²) in [6.07, 6.45) is 1.95. The van der Waals surface area contributed by atoms with E-state index in [0.29, 0.717) is 13.2 Å². The number of ether oxygens (including phenoxy) is 2. The van der Waals surface area contributed by atoms with Gasteiger partial charge in [-0.3, -0.25) is 0 Å². The van der Waals surface area contributed by atoms with Gasteiger partial charge < -0.3 is 20.1 Å². The second-order valence-electron chi connectivity index (χ2n) is 5.27. The van der Waals surface area contributed by atoms with E-state index >= 15 is 0 Å². The van der Waals surface area contributed by atoms with Crippen LogP contribution < -0.4 is 15.2 Å². The lowest BCUT2D eigenvalue weighted by atomic mass is 10.1. The van der Waals surface area contributed by atoms with Crippen LogP contribution in [0.25, 0.3) is 0 Å². The van der Waals surface area contributed by atoms with Crippen LogP contribution in [0, 0.1) is 0 Å². The van der Waals surface area contributed by atoms with Crippen molar-refractivity contribution in [1.29, 1.82) is 0 Å². The van der Waals surface area contributed by atoms with Gasteiger partial charge in [0.2, 0.25) is 0 Å². The van der Waals surface area contributed by atoms with Gasteiger partial charge in [0.1, 0.15) is 0 Å². The number of hydrogen-bond acceptors (Lipinski definition) is 4. The van der Waals surface area contributed by atoms with Gasteiger partial charge in [0.25, 0.3) is 0 Å². The smallest absolute Gasteiger partial charge is 0.161 e. The molecule has 0 aromatic heterocycles. The predicted molar refractivity (Wildman–Crippen MR) is 83.5 cm³/mol. The van der Waals surface area contributed by atoms with Crippen LogP contribution in [-0.4, -0.2) is 38.8 Å². The van der Waals surface area contributed by atoms with Crippen LogP contribution in [0.2, 0.25) is 0 Å². The zero-order valence-electron chi connectivity index (χ0n) is 13.2. The van der Waals surface area contributed by atoms with E-state index in [1.807, 2.05) is 32.3 Å². The zero-order valence-corrected chi connectivity index (χ0v) is 13.2. The molecular formula is C16H28N2O2. The molecule has 0 amide bonds. The number of likely N-dealkylation sites (N-methyl/N-ethyl adjacent to an activating group) is 1. The number of nitrogens with two attached hydrogens (primary N) is 1. The maximum absolute atomic E-state index is 6.21. The highest BCUT2D eigenvalue weighted by atomic mass is 16.5. The van der Waals surface area contributed by atoms with Crippen molar-refractivity contribution in [2.75, 3.05) is 33.9 Å². The van der Waals surface area contributed by atoms with Gasteiger partial charge in [-0.2, -0.15) is 0 Å². The zero-order chi connectivity index (χ0) is 15.0. The van der Waals surface area contributed by atoms with Crippen molar-refractivity contribution in [2.45, 2.75) is 32.7 Å². The highest BCUT2D eigenvalue weighted by Crippen LogP contribution is 2.30. The Morgan fingerprint density at radius 3 is 2.20 bits per heavy atom. The average Bonchev–Trinajstić information content (AvgIpc) is 2.42. The summed E-state index contributed by atoms with van der Waals surface area (Å²) in [4.78, 5) is 2.08. The normalized spacial score (nSPS) is 12.5. The first-order valence-corrected chi connectivity index (χ1v) is 7.38. The fourth-order valence-corrected chi connectivity index (χ4v) is 1.91. The highest BCUT2D eigenvalue weighted by Gasteiger charge is 2.12. The second-order valence-corrected chi connectivity index (χ2v) is 5.27. The summed E-state index contributed by atoms with van der Waals surface area (Å²) >= 11 is 0. The molecule has 0 radical (unpaired) electrons. The second kappa shape index (κ2) is 8.82. The fourth-order valence-electron chi connectivity index (χ4n) is 1.91. The number of benzene rings is 1. The van der Waals surface area contributed by atoms with Crippen LogP contribution in [0.15, 0.2) is 18.2 Å². The Bertz CT molecular complexity index is 394. The monoisotopic (exact) mass is 280 g/mol. The molecule has 20 heavy (non-hydrogen) atoms. The van der Waals surface area contributed by atoms with Gasteiger partial charge in [0.05, 0.1) is 13.2 Å². The SMILES string of the molecule is CCCOc1ccc(C(N)CN(C)C)cc1OCCC. The molecule has 0 spiro atoms. The molecule has 0 saturated heterocycles. The molecule has 0 aliphatic carbocycles. The van der Waals surface area contributed by atoms with Crippen molar-refractivity contribution in [2.24, 2.45) is 5.73 Å². The van der Waals surface area contributed by atoms with Crippen LogP contribution in [0.3, 0.4) is 0 Å². The van der Waals surface area contributed by atoms with E-state index in [-0.39, 0.29) is 6.04 Å². The summed E-state index contributed by atoms with van der Waals surface area (Å²) in [5, 5.41) is 0. The van der Waals surface area contributed by atoms with Crippen molar-refractivity contribution in [3.05, 3.63) is 23.8 Å². The maximum Gasteiger partial charge on any atom is 0.161 e. The van der Waals surface area contributed by atoms with Gasteiger partial charge in [-0.15, -0.1) is 0 Å². The Morgan fingerprint density at radius 1 is 1.05 bits per heavy atom. The Hall–Kier alpha value is -1.26. The molecule has 0 aliphatic rings. The van der Waals surface area contributed by atoms with E-state index in [4.69, 9.17) is 15.2 Å². The summed E-state index contributed by atoms with van der Waals surface area (Å²) in [7, 11) is 4.04. The molecule has 1 aromatic carbocycles. The first-order chi connectivity index (χ1) is 9.58. The molecule has 0 aliphatic heterocycles. The van der Waals surface area contributed by atoms with Crippen LogP contribution in [0.5, 0.6) is 11.5 Å².